The van der Waals surface area contributed by atoms with Gasteiger partial charge < -0.3 is 0 Å². The number of carbonyl (C=O) groups is 3. The summed E-state index contributed by atoms with van der Waals surface area (Å²) in [6, 6.07) is 4.29. The highest BCUT2D eigenvalue weighted by Gasteiger charge is 2.52. The second-order valence-corrected chi connectivity index (χ2v) is 5.55. The van der Waals surface area contributed by atoms with E-state index in [0.717, 1.165) is 10.5 Å². The molecule has 6 heteroatoms. The van der Waals surface area contributed by atoms with E-state index in [4.69, 9.17) is 11.6 Å². The molecule has 1 heterocycles. The second kappa shape index (κ2) is 5.48. The first-order valence-electron chi connectivity index (χ1n) is 6.83. The van der Waals surface area contributed by atoms with Crippen molar-refractivity contribution in [3.63, 3.8) is 0 Å². The molecule has 5 nitrogen and oxygen atoms in total. The summed E-state index contributed by atoms with van der Waals surface area (Å²) in [5.74, 6) is -1.06. The Morgan fingerprint density at radius 3 is 2.33 bits per heavy atom. The molecule has 0 radical (unpaired) electrons. The van der Waals surface area contributed by atoms with Gasteiger partial charge in [-0.3, -0.25) is 14.9 Å². The molecular weight excluding hydrogens is 292 g/mol. The van der Waals surface area contributed by atoms with Crippen molar-refractivity contribution in [2.45, 2.75) is 33.6 Å². The lowest BCUT2D eigenvalue weighted by molar-refractivity contribution is -0.143. The van der Waals surface area contributed by atoms with Crippen LogP contribution in [0.2, 0.25) is 5.02 Å². The van der Waals surface area contributed by atoms with Crippen molar-refractivity contribution in [2.24, 2.45) is 5.41 Å². The summed E-state index contributed by atoms with van der Waals surface area (Å²) in [6.07, 6.45) is 0.642. The third-order valence-corrected chi connectivity index (χ3v) is 4.32. The summed E-state index contributed by atoms with van der Waals surface area (Å²) < 4.78 is 0. The molecule has 0 aliphatic carbocycles. The number of aryl methyl sites for hydroxylation is 1. The maximum atomic E-state index is 12.8. The van der Waals surface area contributed by atoms with Gasteiger partial charge in [0.05, 0.1) is 10.7 Å². The second-order valence-electron chi connectivity index (χ2n) is 5.14. The van der Waals surface area contributed by atoms with Gasteiger partial charge in [-0.1, -0.05) is 31.5 Å². The van der Waals surface area contributed by atoms with Crippen LogP contribution in [0.5, 0.6) is 0 Å². The molecule has 1 aliphatic heterocycles. The van der Waals surface area contributed by atoms with Crippen LogP contribution in [0.15, 0.2) is 18.2 Å². The molecule has 21 heavy (non-hydrogen) atoms. The van der Waals surface area contributed by atoms with Crippen molar-refractivity contribution in [3.8, 4) is 0 Å². The first-order chi connectivity index (χ1) is 9.87. The van der Waals surface area contributed by atoms with Crippen molar-refractivity contribution in [3.05, 3.63) is 28.8 Å². The number of carbonyl (C=O) groups excluding carboxylic acids is 3. The van der Waals surface area contributed by atoms with E-state index in [9.17, 15) is 14.4 Å². The summed E-state index contributed by atoms with van der Waals surface area (Å²) in [6.45, 7) is 5.37. The van der Waals surface area contributed by atoms with Gasteiger partial charge in [-0.15, -0.1) is 0 Å². The Labute approximate surface area is 128 Å². The van der Waals surface area contributed by atoms with Gasteiger partial charge >= 0.3 is 6.03 Å². The predicted molar refractivity (Wildman–Crippen MR) is 80.2 cm³/mol. The van der Waals surface area contributed by atoms with E-state index in [-0.39, 0.29) is 0 Å². The minimum Gasteiger partial charge on any atom is -0.276 e. The van der Waals surface area contributed by atoms with Crippen LogP contribution in [-0.2, 0) is 9.59 Å². The van der Waals surface area contributed by atoms with Crippen molar-refractivity contribution in [1.82, 2.24) is 5.32 Å². The van der Waals surface area contributed by atoms with Crippen LogP contribution in [0, 0.1) is 12.3 Å². The highest BCUT2D eigenvalue weighted by molar-refractivity contribution is 6.37. The first-order valence-corrected chi connectivity index (χ1v) is 7.21. The van der Waals surface area contributed by atoms with Gasteiger partial charge in [-0.05, 0) is 37.5 Å². The van der Waals surface area contributed by atoms with Crippen molar-refractivity contribution in [2.75, 3.05) is 4.90 Å². The van der Waals surface area contributed by atoms with E-state index >= 15 is 0 Å². The van der Waals surface area contributed by atoms with E-state index in [1.807, 2.05) is 6.92 Å². The van der Waals surface area contributed by atoms with E-state index in [2.05, 4.69) is 5.32 Å². The monoisotopic (exact) mass is 308 g/mol. The average molecular weight is 309 g/mol. The van der Waals surface area contributed by atoms with E-state index in [1.54, 1.807) is 32.0 Å². The minimum atomic E-state index is -1.22. The molecule has 112 valence electrons. The Bertz CT molecular complexity index is 623. The zero-order valence-corrected chi connectivity index (χ0v) is 13.0. The number of hydrogen-bond acceptors (Lipinski definition) is 3. The molecule has 4 amide bonds. The smallest absolute Gasteiger partial charge is 0.276 e. The third kappa shape index (κ3) is 2.31. The Morgan fingerprint density at radius 2 is 1.81 bits per heavy atom. The molecule has 0 saturated carbocycles. The molecule has 1 aromatic rings. The lowest BCUT2D eigenvalue weighted by Gasteiger charge is -2.38. The lowest BCUT2D eigenvalue weighted by Crippen LogP contribution is -2.64. The summed E-state index contributed by atoms with van der Waals surface area (Å²) in [7, 11) is 0. The maximum absolute atomic E-state index is 12.8. The zero-order chi connectivity index (χ0) is 15.8. The zero-order valence-electron chi connectivity index (χ0n) is 12.2. The van der Waals surface area contributed by atoms with E-state index in [0.29, 0.717) is 23.6 Å². The molecule has 0 bridgehead atoms. The van der Waals surface area contributed by atoms with E-state index < -0.39 is 23.3 Å². The standard InChI is InChI=1S/C15H17ClN2O3/c1-4-15(5-2)12(19)17-14(21)18(13(15)20)11-7-6-9(3)8-10(11)16/h6-8H,4-5H2,1-3H3,(H,17,19,21). The van der Waals surface area contributed by atoms with Crippen LogP contribution in [0.4, 0.5) is 10.5 Å². The fourth-order valence-electron chi connectivity index (χ4n) is 2.56. The van der Waals surface area contributed by atoms with Gasteiger partial charge in [0.1, 0.15) is 5.41 Å². The quantitative estimate of drug-likeness (QED) is 0.873. The summed E-state index contributed by atoms with van der Waals surface area (Å²) in [5.41, 5.74) is -0.00671. The highest BCUT2D eigenvalue weighted by Crippen LogP contribution is 2.37. The number of nitrogens with one attached hydrogen (secondary N) is 1. The summed E-state index contributed by atoms with van der Waals surface area (Å²) in [4.78, 5) is 37.9. The molecule has 1 fully saturated rings. The molecule has 1 aliphatic rings. The fraction of sp³-hybridized carbons (Fsp3) is 0.400. The minimum absolute atomic E-state index is 0.295. The number of anilines is 1. The van der Waals surface area contributed by atoms with Gasteiger partial charge in [-0.25, -0.2) is 9.69 Å². The molecule has 1 saturated heterocycles. The molecule has 2 rings (SSSR count). The van der Waals surface area contributed by atoms with Crippen LogP contribution in [-0.4, -0.2) is 17.8 Å². The summed E-state index contributed by atoms with van der Waals surface area (Å²) in [5, 5.41) is 2.56. The molecule has 1 N–H and O–H groups in total. The predicted octanol–water partition coefficient (Wildman–Crippen LogP) is 3.04. The molecule has 0 spiro atoms. The highest BCUT2D eigenvalue weighted by atomic mass is 35.5. The Hall–Kier alpha value is -1.88. The van der Waals surface area contributed by atoms with Gasteiger partial charge in [0, 0.05) is 0 Å². The Balaban J connectivity index is 2.54. The molecule has 0 unspecified atom stereocenters. The number of halogens is 1. The van der Waals surface area contributed by atoms with Gasteiger partial charge in [-0.2, -0.15) is 0 Å². The number of imide groups is 2. The van der Waals surface area contributed by atoms with Crippen LogP contribution in [0.3, 0.4) is 0 Å². The first kappa shape index (κ1) is 15.5. The number of amides is 4. The number of barbiturate groups is 1. The van der Waals surface area contributed by atoms with Crippen molar-refractivity contribution < 1.29 is 14.4 Å². The van der Waals surface area contributed by atoms with Gasteiger partial charge in [0.15, 0.2) is 0 Å². The third-order valence-electron chi connectivity index (χ3n) is 4.02. The van der Waals surface area contributed by atoms with Crippen LogP contribution < -0.4 is 10.2 Å². The number of benzene rings is 1. The van der Waals surface area contributed by atoms with Crippen molar-refractivity contribution >= 4 is 35.1 Å². The lowest BCUT2D eigenvalue weighted by atomic mass is 9.78. The summed E-state index contributed by atoms with van der Waals surface area (Å²) >= 11 is 6.15. The molecular formula is C15H17ClN2O3. The Morgan fingerprint density at radius 1 is 1.19 bits per heavy atom. The average Bonchev–Trinajstić information content (AvgIpc) is 2.42. The van der Waals surface area contributed by atoms with Crippen molar-refractivity contribution in [1.29, 1.82) is 0 Å². The van der Waals surface area contributed by atoms with Gasteiger partial charge in [0.2, 0.25) is 5.91 Å². The number of urea groups is 1. The maximum Gasteiger partial charge on any atom is 0.335 e. The SMILES string of the molecule is CCC1(CC)C(=O)NC(=O)N(c2ccc(C)cc2Cl)C1=O. The fourth-order valence-corrected chi connectivity index (χ4v) is 2.88. The topological polar surface area (TPSA) is 66.5 Å². The van der Waals surface area contributed by atoms with Crippen LogP contribution in [0.25, 0.3) is 0 Å². The van der Waals surface area contributed by atoms with E-state index in [1.165, 1.54) is 0 Å². The number of rotatable bonds is 3. The largest absolute Gasteiger partial charge is 0.335 e. The number of nitrogens with zero attached hydrogens (tertiary/aromatic N) is 1. The molecule has 0 atom stereocenters. The Kier molecular flexibility index (Phi) is 4.05. The molecule has 0 aromatic heterocycles. The van der Waals surface area contributed by atoms with Crippen LogP contribution in [0.1, 0.15) is 32.3 Å². The van der Waals surface area contributed by atoms with Crippen LogP contribution >= 0.6 is 11.6 Å². The number of hydrogen-bond donors (Lipinski definition) is 1. The normalized spacial score (nSPS) is 17.9. The molecule has 1 aromatic carbocycles. The van der Waals surface area contributed by atoms with Gasteiger partial charge in [0.25, 0.3) is 5.91 Å².